The Morgan fingerprint density at radius 1 is 0.452 bits per heavy atom. The summed E-state index contributed by atoms with van der Waals surface area (Å²) >= 11 is 20.0. The van der Waals surface area contributed by atoms with Gasteiger partial charge in [-0.25, -0.2) is 33.9 Å². The quantitative estimate of drug-likeness (QED) is 0.00501. The van der Waals surface area contributed by atoms with Gasteiger partial charge >= 0.3 is 29.8 Å². The van der Waals surface area contributed by atoms with E-state index in [1.54, 1.807) is 91.1 Å². The number of nitrogens with two attached hydrogens (primary N) is 2. The molecule has 3 aromatic carbocycles. The first-order chi connectivity index (χ1) is 69.7. The van der Waals surface area contributed by atoms with Gasteiger partial charge in [0.1, 0.15) is 126 Å². The number of allylic oxidation sites excluding steroid dienone is 9. The SMILES string of the molecule is C[C@@H]1C(=O)N2C(C(=O)OC(C)(C)C)=C(/C=C\c3nncs3)CCC12.C[C@@H]1C(=O)N2C(C(=O)OC(C)(C)C)=C(C=O)CCC12.Cc1nc(/C(=N\OC(c2ccccc2)(c2ccccc2)c2ccccc2)C(=O)N[C@@H]2C(=O)N3C(C(=O)O)=C(/C=C\c4nncs4)CC[C@H]23)c(Cl)s1.N[C@@H]1C(=O)N2C(C(=O)O)=C(/C=C\c3nncs3)CCC12.Nc1nc(/C(=N\O)C(=O)N[C@@H]2C(=O)N3C(C(=O)O)=C(/C=C\c4nncs4)CC[C@H]23)c(Cl)s1. The van der Waals surface area contributed by atoms with Crippen molar-refractivity contribution in [1.29, 1.82) is 0 Å². The summed E-state index contributed by atoms with van der Waals surface area (Å²) in [5.41, 5.74) is 19.6. The Morgan fingerprint density at radius 3 is 1.11 bits per heavy atom. The summed E-state index contributed by atoms with van der Waals surface area (Å²) in [6.45, 7) is 16.3. The second-order valence-electron chi connectivity index (χ2n) is 36.2. The van der Waals surface area contributed by atoms with Gasteiger partial charge in [-0.15, -0.1) is 97.5 Å². The molecule has 5 fully saturated rings. The number of aromatic nitrogens is 10. The van der Waals surface area contributed by atoms with E-state index < -0.39 is 106 Å². The number of carboxylic acids is 3. The van der Waals surface area contributed by atoms with Gasteiger partial charge in [-0.2, -0.15) is 0 Å². The minimum atomic E-state index is -1.31. The number of benzene rings is 3. The molecule has 10 aliphatic rings. The Kier molecular flexibility index (Phi) is 32.5. The van der Waals surface area contributed by atoms with Crippen LogP contribution in [0.25, 0.3) is 24.3 Å². The zero-order chi connectivity index (χ0) is 105. The minimum absolute atomic E-state index is 0.0117. The molecule has 0 saturated carbocycles. The summed E-state index contributed by atoms with van der Waals surface area (Å²) in [5, 5.41) is 85.1. The molecule has 0 spiro atoms. The number of rotatable bonds is 25. The van der Waals surface area contributed by atoms with Crippen LogP contribution in [-0.4, -0.2) is 244 Å². The lowest BCUT2D eigenvalue weighted by molar-refractivity contribution is -0.164. The van der Waals surface area contributed by atoms with Crippen LogP contribution >= 0.6 is 91.2 Å². The maximum absolute atomic E-state index is 14.2. The molecular formula is C97H95Cl2N21O20S6. The van der Waals surface area contributed by atoms with Gasteiger partial charge in [0.2, 0.25) is 23.3 Å². The van der Waals surface area contributed by atoms with E-state index in [4.69, 9.17) is 49.0 Å². The van der Waals surface area contributed by atoms with Gasteiger partial charge < -0.3 is 66.7 Å². The van der Waals surface area contributed by atoms with Crippen molar-refractivity contribution in [1.82, 2.24) is 85.9 Å². The van der Waals surface area contributed by atoms with Crippen LogP contribution in [0, 0.1) is 18.8 Å². The Morgan fingerprint density at radius 2 is 0.781 bits per heavy atom. The molecule has 6 aromatic heterocycles. The number of carboxylic acid groups (broad SMARTS) is 3. The number of anilines is 1. The van der Waals surface area contributed by atoms with Gasteiger partial charge in [-0.3, -0.25) is 53.1 Å². The van der Waals surface area contributed by atoms with Gasteiger partial charge in [0.25, 0.3) is 23.6 Å². The topological polar surface area (TPSA) is 576 Å². The van der Waals surface area contributed by atoms with Crippen LogP contribution in [0.1, 0.15) is 173 Å². The lowest BCUT2D eigenvalue weighted by Crippen LogP contribution is -2.72. The fourth-order valence-corrected chi connectivity index (χ4v) is 22.0. The fraction of sp³-hybridized carbons (Fsp3) is 0.330. The van der Waals surface area contributed by atoms with Gasteiger partial charge in [0, 0.05) is 34.3 Å². The average molecular weight is 2140 g/mol. The molecule has 7 amide bonds. The molecule has 10 atom stereocenters. The molecule has 146 heavy (non-hydrogen) atoms. The maximum atomic E-state index is 14.2. The van der Waals surface area contributed by atoms with Crippen molar-refractivity contribution in [2.45, 2.75) is 192 Å². The number of carbonyl (C=O) groups excluding carboxylic acids is 10. The standard InChI is InChI=1S/C37H29ClN6O5S2.C17H14ClN7O5S2.C17H21N3O3S.C14H19NO4.C12H12N4O3S/c1-22-40-30(33(38)51-22)31(43-49-37(24-11-5-2-6-12-24,25-13-7-3-8-14-25)26-15-9-4-10-16-26)34(45)41-29-27-19-17-23(18-20-28-42-39-21-50-28)32(36(47)48)44(27)35(29)46;18-13-10(22-17(19)32-13)11(24-30)14(26)21-9-7-3-1-6(2-4-8-23-20-5-31-8)12(16(28)29)25(7)15(9)27;1-10-12-7-5-11(6-8-13-19-18-9-24-13)14(20(12)15(10)21)16(22)23-17(2,3)4;1-8-10-6-5-9(7-16)11(15(10)12(8)17)13(18)19-14(2,3)4;13-9-7-3-1-6(2-4-8-15-14-5-20-8)10(12(18)19)16(7)11(9)17/h2-16,18,20-21,27,29H,17,19H2,1H3,(H,41,45)(H,47,48);2,4-5,7,9,30H,1,3H2,(H2,19,22)(H,21,26)(H,28,29);6,8-10,12H,5,7H2,1-4H3;7-8,10H,5-6H2,1-4H3;2,4-5,7,9H,1,3,13H2,(H,18,19)/b20-18-,43-31+;4-2-,24-11+;8-6-;;4-2-/t27-,29+;7-,9+;10-,12?;8-,10?;7?,9-/m11000/s1. The lowest BCUT2D eigenvalue weighted by atomic mass is 9.80. The number of aryl methyl sites for hydroxylation is 1. The minimum Gasteiger partial charge on any atom is -0.477 e. The molecule has 19 rings (SSSR count). The molecule has 9 aromatic rings. The van der Waals surface area contributed by atoms with Crippen LogP contribution in [0.15, 0.2) is 204 Å². The smallest absolute Gasteiger partial charge is 0.355 e. The third kappa shape index (κ3) is 22.4. The predicted molar refractivity (Wildman–Crippen MR) is 540 cm³/mol. The van der Waals surface area contributed by atoms with Crippen LogP contribution in [0.3, 0.4) is 0 Å². The highest BCUT2D eigenvalue weighted by Crippen LogP contribution is 2.47. The third-order valence-corrected chi connectivity index (χ3v) is 29.8. The number of fused-ring (bicyclic) bond motifs is 5. The Balaban J connectivity index is 0.000000145. The number of esters is 2. The van der Waals surface area contributed by atoms with E-state index >= 15 is 0 Å². The summed E-state index contributed by atoms with van der Waals surface area (Å²) < 4.78 is 11.1. The second kappa shape index (κ2) is 45.0. The Bertz CT molecular complexity index is 6850. The molecule has 5 saturated heterocycles. The molecule has 0 radical (unpaired) electrons. The summed E-state index contributed by atoms with van der Waals surface area (Å²) in [6, 6.07) is 24.8. The highest BCUT2D eigenvalue weighted by molar-refractivity contribution is 7.19. The van der Waals surface area contributed by atoms with E-state index in [0.717, 1.165) is 62.8 Å². The maximum Gasteiger partial charge on any atom is 0.355 e. The first kappa shape index (κ1) is 106. The number of halogens is 2. The number of oxime groups is 2. The van der Waals surface area contributed by atoms with Crippen LogP contribution in [0.4, 0.5) is 5.13 Å². The number of aliphatic carboxylic acids is 3. The number of aldehydes is 1. The van der Waals surface area contributed by atoms with E-state index in [2.05, 4.69) is 71.7 Å². The number of hydrogen-bond donors (Lipinski definition) is 8. The highest BCUT2D eigenvalue weighted by atomic mass is 35.5. The zero-order valence-corrected chi connectivity index (χ0v) is 85.7. The van der Waals surface area contributed by atoms with Crippen molar-refractivity contribution in [3.05, 3.63) is 255 Å². The largest absolute Gasteiger partial charge is 0.477 e. The van der Waals surface area contributed by atoms with E-state index in [0.29, 0.717) is 99.3 Å². The number of nitrogen functional groups attached to an aromatic ring is 1. The number of nitrogens with zero attached hydrogens (tertiary/aromatic N) is 17. The molecule has 16 heterocycles. The third-order valence-electron chi connectivity index (χ3n) is 24.9. The van der Waals surface area contributed by atoms with Crippen molar-refractivity contribution in [3.8, 4) is 0 Å². The van der Waals surface area contributed by atoms with Gasteiger partial charge in [0.15, 0.2) is 16.6 Å². The number of carbonyl (C=O) groups is 13. The Hall–Kier alpha value is -14.6. The first-order valence-corrected chi connectivity index (χ1v) is 51.4. The molecule has 3 unspecified atom stereocenters. The molecule has 0 bridgehead atoms. The molecule has 49 heteroatoms. The van der Waals surface area contributed by atoms with Crippen LogP contribution < -0.4 is 22.1 Å². The molecule has 758 valence electrons. The monoisotopic (exact) mass is 2140 g/mol. The van der Waals surface area contributed by atoms with Crippen LogP contribution in [0.2, 0.25) is 8.67 Å². The van der Waals surface area contributed by atoms with E-state index in [1.165, 1.54) is 71.4 Å². The highest BCUT2D eigenvalue weighted by Gasteiger charge is 2.58. The summed E-state index contributed by atoms with van der Waals surface area (Å²) in [6.07, 6.45) is 20.0. The fourth-order valence-electron chi connectivity index (χ4n) is 18.2. The number of β-lactam (4-membered cyclic amide) rings is 5. The number of hydrogen-bond acceptors (Lipinski definition) is 37. The van der Waals surface area contributed by atoms with Crippen molar-refractivity contribution < 1.29 is 97.2 Å². The summed E-state index contributed by atoms with van der Waals surface area (Å²) in [4.78, 5) is 183. The Labute approximate surface area is 867 Å². The number of nitrogens with one attached hydrogen (secondary N) is 2. The summed E-state index contributed by atoms with van der Waals surface area (Å²) in [5.74, 6) is -7.96. The molecular weight excluding hydrogens is 2040 g/mol. The zero-order valence-electron chi connectivity index (χ0n) is 79.3. The lowest BCUT2D eigenvalue weighted by Gasteiger charge is -2.50. The summed E-state index contributed by atoms with van der Waals surface area (Å²) in [7, 11) is 0. The van der Waals surface area contributed by atoms with Crippen molar-refractivity contribution in [3.63, 3.8) is 0 Å². The van der Waals surface area contributed by atoms with E-state index in [9.17, 15) is 82.9 Å². The van der Waals surface area contributed by atoms with E-state index in [1.807, 2.05) is 138 Å². The van der Waals surface area contributed by atoms with Crippen molar-refractivity contribution >= 4 is 210 Å². The normalized spacial score (nSPS) is 21.8. The number of amides is 7. The first-order valence-electron chi connectivity index (χ1n) is 45.5. The van der Waals surface area contributed by atoms with Crippen molar-refractivity contribution in [2.75, 3.05) is 5.73 Å². The number of ether oxygens (including phenoxy) is 2. The van der Waals surface area contributed by atoms with Crippen molar-refractivity contribution in [2.24, 2.45) is 27.9 Å². The van der Waals surface area contributed by atoms with Crippen LogP contribution in [-0.2, 0) is 82.2 Å². The van der Waals surface area contributed by atoms with Crippen LogP contribution in [0.5, 0.6) is 0 Å². The molecule has 41 nitrogen and oxygen atoms in total. The van der Waals surface area contributed by atoms with Gasteiger partial charge in [-0.05, 0) is 159 Å². The predicted octanol–water partition coefficient (Wildman–Crippen LogP) is 11.6. The van der Waals surface area contributed by atoms with Gasteiger partial charge in [-0.1, -0.05) is 174 Å². The average Bonchev–Trinajstić information content (AvgIpc) is 1.05. The number of thiazole rings is 2. The molecule has 0 aliphatic carbocycles. The van der Waals surface area contributed by atoms with Gasteiger partial charge in [0.05, 0.1) is 35.0 Å². The second-order valence-corrected chi connectivity index (χ2v) is 43.1. The molecule has 10 aliphatic heterocycles. The molecule has 10 N–H and O–H groups in total. The van der Waals surface area contributed by atoms with E-state index in [-0.39, 0.29) is 101 Å².